The number of hydrogen-bond donors (Lipinski definition) is 1. The molecule has 6 heteroatoms. The average Bonchev–Trinajstić information content (AvgIpc) is 3.17. The molecule has 0 saturated carbocycles. The van der Waals surface area contributed by atoms with Crippen LogP contribution in [0.4, 0.5) is 0 Å². The first-order valence-electron chi connectivity index (χ1n) is 9.34. The lowest BCUT2D eigenvalue weighted by atomic mass is 9.78. The molecule has 1 aliphatic rings. The smallest absolute Gasteiger partial charge is 0.264 e. The summed E-state index contributed by atoms with van der Waals surface area (Å²) in [5.74, 6) is 0.225. The first-order valence-corrected chi connectivity index (χ1v) is 10.1. The van der Waals surface area contributed by atoms with Crippen molar-refractivity contribution >= 4 is 26.8 Å². The van der Waals surface area contributed by atoms with E-state index >= 15 is 0 Å². The van der Waals surface area contributed by atoms with Crippen molar-refractivity contribution in [1.82, 2.24) is 4.98 Å². The van der Waals surface area contributed by atoms with Crippen molar-refractivity contribution < 1.29 is 9.66 Å². The monoisotopic (exact) mass is 448 g/mol. The van der Waals surface area contributed by atoms with Gasteiger partial charge in [0.2, 0.25) is 0 Å². The predicted octanol–water partition coefficient (Wildman–Crippen LogP) is 5.84. The van der Waals surface area contributed by atoms with Crippen molar-refractivity contribution in [2.75, 3.05) is 0 Å². The summed E-state index contributed by atoms with van der Waals surface area (Å²) in [4.78, 5) is 15.4. The van der Waals surface area contributed by atoms with Gasteiger partial charge in [0.25, 0.3) is 6.04 Å². The molecule has 1 N–H and O–H groups in total. The quantitative estimate of drug-likeness (QED) is 0.316. The zero-order valence-corrected chi connectivity index (χ0v) is 16.9. The summed E-state index contributed by atoms with van der Waals surface area (Å²) >= 11 is 3.51. The lowest BCUT2D eigenvalue weighted by molar-refractivity contribution is -0.538. The van der Waals surface area contributed by atoms with Gasteiger partial charge in [-0.25, -0.2) is 0 Å². The highest BCUT2D eigenvalue weighted by molar-refractivity contribution is 9.10. The molecule has 1 aromatic heterocycles. The van der Waals surface area contributed by atoms with Gasteiger partial charge in [0, 0.05) is 32.1 Å². The first-order chi connectivity index (χ1) is 14.1. The molecule has 4 aromatic rings. The summed E-state index contributed by atoms with van der Waals surface area (Å²) in [5, 5.41) is 13.4. The van der Waals surface area contributed by atoms with Crippen LogP contribution >= 0.6 is 15.9 Å². The Morgan fingerprint density at radius 1 is 0.966 bits per heavy atom. The fourth-order valence-corrected chi connectivity index (χ4v) is 4.66. The molecular formula is C23H17BrN2O3. The van der Waals surface area contributed by atoms with E-state index in [1.807, 2.05) is 79.0 Å². The summed E-state index contributed by atoms with van der Waals surface area (Å²) in [6.45, 7) is 0. The van der Waals surface area contributed by atoms with E-state index in [-0.39, 0.29) is 4.92 Å². The van der Waals surface area contributed by atoms with E-state index in [9.17, 15) is 10.1 Å². The number of hydrogen-bond acceptors (Lipinski definition) is 3. The van der Waals surface area contributed by atoms with Gasteiger partial charge in [0.05, 0.1) is 5.92 Å². The van der Waals surface area contributed by atoms with Gasteiger partial charge in [0.1, 0.15) is 5.75 Å². The van der Waals surface area contributed by atoms with E-state index in [1.54, 1.807) is 0 Å². The topological polar surface area (TPSA) is 68.2 Å². The van der Waals surface area contributed by atoms with Gasteiger partial charge in [-0.2, -0.15) is 0 Å². The number of para-hydroxylation sites is 1. The maximum Gasteiger partial charge on any atom is 0.264 e. The van der Waals surface area contributed by atoms with Gasteiger partial charge in [-0.15, -0.1) is 0 Å². The Kier molecular flexibility index (Phi) is 4.36. The van der Waals surface area contributed by atoms with Crippen LogP contribution in [0.2, 0.25) is 0 Å². The molecule has 0 fully saturated rings. The molecule has 1 aliphatic heterocycles. The fourth-order valence-electron chi connectivity index (χ4n) is 4.28. The summed E-state index contributed by atoms with van der Waals surface area (Å²) in [5.41, 5.74) is 3.49. The Bertz CT molecular complexity index is 1210. The molecule has 0 saturated heterocycles. The van der Waals surface area contributed by atoms with Crippen LogP contribution in [-0.4, -0.2) is 15.9 Å². The lowest BCUT2D eigenvalue weighted by Crippen LogP contribution is -2.40. The van der Waals surface area contributed by atoms with Crippen LogP contribution < -0.4 is 4.74 Å². The van der Waals surface area contributed by atoms with E-state index < -0.39 is 18.1 Å². The number of aromatic amines is 1. The van der Waals surface area contributed by atoms with Crippen molar-refractivity contribution in [2.45, 2.75) is 18.1 Å². The number of nitro groups is 1. The number of nitrogens with zero attached hydrogens (tertiary/aromatic N) is 1. The zero-order chi connectivity index (χ0) is 20.0. The first kappa shape index (κ1) is 17.9. The minimum Gasteiger partial charge on any atom is -0.478 e. The third-order valence-corrected chi connectivity index (χ3v) is 6.03. The Morgan fingerprint density at radius 3 is 2.52 bits per heavy atom. The molecule has 0 amide bonds. The van der Waals surface area contributed by atoms with Crippen LogP contribution in [0.5, 0.6) is 5.75 Å². The van der Waals surface area contributed by atoms with Crippen molar-refractivity contribution in [1.29, 1.82) is 0 Å². The summed E-state index contributed by atoms with van der Waals surface area (Å²) in [7, 11) is 0. The third-order valence-electron chi connectivity index (χ3n) is 5.54. The normalized spacial score (nSPS) is 20.8. The molecule has 144 valence electrons. The molecule has 5 nitrogen and oxygen atoms in total. The van der Waals surface area contributed by atoms with Crippen LogP contribution in [0.3, 0.4) is 0 Å². The number of nitrogens with one attached hydrogen (secondary N) is 1. The number of ether oxygens (including phenoxy) is 1. The lowest BCUT2D eigenvalue weighted by Gasteiger charge is -2.35. The molecule has 0 aliphatic carbocycles. The van der Waals surface area contributed by atoms with Gasteiger partial charge in [0.15, 0.2) is 6.10 Å². The van der Waals surface area contributed by atoms with E-state index in [0.29, 0.717) is 5.75 Å². The van der Waals surface area contributed by atoms with Crippen molar-refractivity contribution in [3.63, 3.8) is 0 Å². The van der Waals surface area contributed by atoms with Gasteiger partial charge >= 0.3 is 0 Å². The second-order valence-electron chi connectivity index (χ2n) is 7.17. The molecule has 0 unspecified atom stereocenters. The zero-order valence-electron chi connectivity index (χ0n) is 15.3. The number of H-pyrrole nitrogens is 1. The van der Waals surface area contributed by atoms with Crippen LogP contribution in [0.25, 0.3) is 10.9 Å². The SMILES string of the molecule is O=[N+]([O-])[C@H]1[C@H](c2c[nH]c3ccccc23)c2cc(Br)ccc2O[C@H]1c1ccccc1. The highest BCUT2D eigenvalue weighted by atomic mass is 79.9. The summed E-state index contributed by atoms with van der Waals surface area (Å²) in [6.07, 6.45) is 1.21. The van der Waals surface area contributed by atoms with Crippen LogP contribution in [0.1, 0.15) is 28.7 Å². The third kappa shape index (κ3) is 3.00. The predicted molar refractivity (Wildman–Crippen MR) is 115 cm³/mol. The average molecular weight is 449 g/mol. The number of rotatable bonds is 3. The molecule has 29 heavy (non-hydrogen) atoms. The van der Waals surface area contributed by atoms with Crippen LogP contribution in [0.15, 0.2) is 83.5 Å². The molecule has 0 spiro atoms. The fraction of sp³-hybridized carbons (Fsp3) is 0.130. The summed E-state index contributed by atoms with van der Waals surface area (Å²) < 4.78 is 7.08. The molecule has 5 rings (SSSR count). The Balaban J connectivity index is 1.77. The van der Waals surface area contributed by atoms with Crippen molar-refractivity contribution in [3.8, 4) is 5.75 Å². The molecular weight excluding hydrogens is 432 g/mol. The standard InChI is InChI=1S/C23H17BrN2O3/c24-15-10-11-20-17(12-15)21(18-13-25-19-9-5-4-8-16(18)19)22(26(27)28)23(29-20)14-6-2-1-3-7-14/h1-13,21-23,25H/t21-,22-,23-/m0/s1. The molecule has 3 aromatic carbocycles. The van der Waals surface area contributed by atoms with Crippen LogP contribution in [0, 0.1) is 10.1 Å². The van der Waals surface area contributed by atoms with Crippen molar-refractivity contribution in [3.05, 3.63) is 110 Å². The molecule has 3 atom stereocenters. The van der Waals surface area contributed by atoms with E-state index in [4.69, 9.17) is 4.74 Å². The van der Waals surface area contributed by atoms with Crippen LogP contribution in [-0.2, 0) is 0 Å². The van der Waals surface area contributed by atoms with Gasteiger partial charge < -0.3 is 9.72 Å². The highest BCUT2D eigenvalue weighted by Crippen LogP contribution is 2.48. The summed E-state index contributed by atoms with van der Waals surface area (Å²) in [6, 6.07) is 22.1. The van der Waals surface area contributed by atoms with E-state index in [2.05, 4.69) is 20.9 Å². The Labute approximate surface area is 175 Å². The van der Waals surface area contributed by atoms with E-state index in [0.717, 1.165) is 32.1 Å². The van der Waals surface area contributed by atoms with Crippen molar-refractivity contribution in [2.24, 2.45) is 0 Å². The number of aromatic nitrogens is 1. The van der Waals surface area contributed by atoms with Gasteiger partial charge in [-0.05, 0) is 35.4 Å². The second-order valence-corrected chi connectivity index (χ2v) is 8.09. The second kappa shape index (κ2) is 7.04. The minimum atomic E-state index is -0.960. The largest absolute Gasteiger partial charge is 0.478 e. The minimum absolute atomic E-state index is 0.200. The molecule has 0 radical (unpaired) electrons. The molecule has 0 bridgehead atoms. The van der Waals surface area contributed by atoms with Gasteiger partial charge in [-0.3, -0.25) is 10.1 Å². The Morgan fingerprint density at radius 2 is 1.72 bits per heavy atom. The number of halogens is 1. The number of benzene rings is 3. The van der Waals surface area contributed by atoms with E-state index in [1.165, 1.54) is 0 Å². The Hall–Kier alpha value is -3.12. The number of fused-ring (bicyclic) bond motifs is 2. The molecule has 2 heterocycles. The van der Waals surface area contributed by atoms with Gasteiger partial charge in [-0.1, -0.05) is 64.5 Å². The highest BCUT2D eigenvalue weighted by Gasteiger charge is 2.48. The maximum atomic E-state index is 12.4. The maximum absolute atomic E-state index is 12.4.